The highest BCUT2D eigenvalue weighted by Gasteiger charge is 2.34. The Labute approximate surface area is 111 Å². The van der Waals surface area contributed by atoms with Crippen molar-refractivity contribution < 1.29 is 13.2 Å². The number of aromatic nitrogens is 3. The second kappa shape index (κ2) is 4.59. The third-order valence-electron chi connectivity index (χ3n) is 2.95. The maximum absolute atomic E-state index is 12.6. The van der Waals surface area contributed by atoms with Gasteiger partial charge in [0.15, 0.2) is 11.5 Å². The maximum Gasteiger partial charge on any atom is 0.435 e. The first-order valence-electron chi connectivity index (χ1n) is 5.80. The van der Waals surface area contributed by atoms with Crippen molar-refractivity contribution in [1.29, 1.82) is 0 Å². The molecule has 19 heavy (non-hydrogen) atoms. The van der Waals surface area contributed by atoms with Gasteiger partial charge >= 0.3 is 6.18 Å². The van der Waals surface area contributed by atoms with Crippen LogP contribution in [-0.4, -0.2) is 32.1 Å². The van der Waals surface area contributed by atoms with E-state index in [1.54, 1.807) is 0 Å². The number of halogens is 3. The molecule has 1 saturated heterocycles. The minimum atomic E-state index is -4.44. The predicted molar refractivity (Wildman–Crippen MR) is 67.3 cm³/mol. The van der Waals surface area contributed by atoms with Gasteiger partial charge in [0, 0.05) is 30.3 Å². The fraction of sp³-hybridized carbons (Fsp3) is 0.455. The van der Waals surface area contributed by atoms with E-state index in [1.807, 2.05) is 11.8 Å². The second-order valence-corrected chi connectivity index (χ2v) is 5.49. The quantitative estimate of drug-likeness (QED) is 0.922. The van der Waals surface area contributed by atoms with E-state index in [0.717, 1.165) is 24.0 Å². The normalized spacial score (nSPS) is 20.1. The summed E-state index contributed by atoms with van der Waals surface area (Å²) in [6.07, 6.45) is -0.579. The third-order valence-corrected chi connectivity index (χ3v) is 4.11. The molecule has 2 aromatic heterocycles. The number of hydrogen-bond donors (Lipinski definition) is 1. The lowest BCUT2D eigenvalue weighted by Gasteiger charge is -2.12. The van der Waals surface area contributed by atoms with Crippen LogP contribution in [0.4, 0.5) is 19.0 Å². The Morgan fingerprint density at radius 1 is 1.42 bits per heavy atom. The Morgan fingerprint density at radius 2 is 2.26 bits per heavy atom. The Hall–Kier alpha value is -1.44. The van der Waals surface area contributed by atoms with Crippen molar-refractivity contribution in [3.05, 3.63) is 24.2 Å². The average Bonchev–Trinajstić information content (AvgIpc) is 2.96. The van der Waals surface area contributed by atoms with Gasteiger partial charge in [-0.15, -0.1) is 0 Å². The molecule has 1 aliphatic heterocycles. The fourth-order valence-electron chi connectivity index (χ4n) is 2.01. The number of nitrogens with one attached hydrogen (secondary N) is 1. The molecular formula is C11H11F3N4S. The van der Waals surface area contributed by atoms with E-state index in [-0.39, 0.29) is 6.04 Å². The average molecular weight is 288 g/mol. The van der Waals surface area contributed by atoms with Crippen molar-refractivity contribution in [3.8, 4) is 0 Å². The molecule has 4 nitrogen and oxygen atoms in total. The van der Waals surface area contributed by atoms with Crippen LogP contribution in [0, 0.1) is 0 Å². The van der Waals surface area contributed by atoms with Gasteiger partial charge in [0.05, 0.1) is 0 Å². The van der Waals surface area contributed by atoms with Gasteiger partial charge in [-0.2, -0.15) is 30.0 Å². The molecular weight excluding hydrogens is 277 g/mol. The summed E-state index contributed by atoms with van der Waals surface area (Å²) < 4.78 is 39.1. The van der Waals surface area contributed by atoms with Crippen LogP contribution in [0.5, 0.6) is 0 Å². The smallest absolute Gasteiger partial charge is 0.365 e. The summed E-state index contributed by atoms with van der Waals surface area (Å²) in [6.45, 7) is 0. The summed E-state index contributed by atoms with van der Waals surface area (Å²) >= 11 is 1.82. The van der Waals surface area contributed by atoms with Gasteiger partial charge in [-0.3, -0.25) is 0 Å². The molecule has 1 atom stereocenters. The first-order chi connectivity index (χ1) is 9.04. The molecule has 1 fully saturated rings. The lowest BCUT2D eigenvalue weighted by Crippen LogP contribution is -2.19. The zero-order valence-corrected chi connectivity index (χ0v) is 10.6. The zero-order valence-electron chi connectivity index (χ0n) is 9.81. The predicted octanol–water partition coefficient (Wildman–Crippen LogP) is 2.67. The molecule has 0 radical (unpaired) electrons. The number of hydrogen-bond acceptors (Lipinski definition) is 4. The van der Waals surface area contributed by atoms with Crippen LogP contribution in [-0.2, 0) is 6.18 Å². The number of rotatable bonds is 2. The molecule has 102 valence electrons. The van der Waals surface area contributed by atoms with Crippen LogP contribution in [0.3, 0.4) is 0 Å². The minimum absolute atomic E-state index is 0.257. The van der Waals surface area contributed by atoms with Gasteiger partial charge in [-0.05, 0) is 12.2 Å². The van der Waals surface area contributed by atoms with E-state index >= 15 is 0 Å². The first kappa shape index (κ1) is 12.6. The third kappa shape index (κ3) is 2.49. The number of anilines is 1. The lowest BCUT2D eigenvalue weighted by molar-refractivity contribution is -0.141. The Balaban J connectivity index is 1.97. The van der Waals surface area contributed by atoms with Crippen molar-refractivity contribution in [2.75, 3.05) is 16.8 Å². The van der Waals surface area contributed by atoms with Crippen LogP contribution in [0.2, 0.25) is 0 Å². The summed E-state index contributed by atoms with van der Waals surface area (Å²) in [5.41, 5.74) is -0.545. The number of thioether (sulfide) groups is 1. The first-order valence-corrected chi connectivity index (χ1v) is 6.95. The topological polar surface area (TPSA) is 42.2 Å². The van der Waals surface area contributed by atoms with E-state index in [1.165, 1.54) is 16.9 Å². The second-order valence-electron chi connectivity index (χ2n) is 4.34. The molecule has 1 aliphatic rings. The summed E-state index contributed by atoms with van der Waals surface area (Å²) in [5, 5.41) is 6.71. The maximum atomic E-state index is 12.6. The highest BCUT2D eigenvalue weighted by Crippen LogP contribution is 2.30. The summed E-state index contributed by atoms with van der Waals surface area (Å²) in [6, 6.07) is 1.28. The van der Waals surface area contributed by atoms with Crippen LogP contribution in [0.25, 0.3) is 5.52 Å². The molecule has 0 bridgehead atoms. The fourth-order valence-corrected chi connectivity index (χ4v) is 3.17. The minimum Gasteiger partial charge on any atom is -0.365 e. The van der Waals surface area contributed by atoms with Crippen molar-refractivity contribution in [2.24, 2.45) is 0 Å². The van der Waals surface area contributed by atoms with Gasteiger partial charge in [0.25, 0.3) is 0 Å². The van der Waals surface area contributed by atoms with Gasteiger partial charge < -0.3 is 5.32 Å². The molecule has 0 spiro atoms. The summed E-state index contributed by atoms with van der Waals surface area (Å²) in [5.74, 6) is 2.47. The molecule has 1 N–H and O–H groups in total. The molecule has 2 aromatic rings. The lowest BCUT2D eigenvalue weighted by atomic mass is 10.2. The summed E-state index contributed by atoms with van der Waals surface area (Å²) in [4.78, 5) is 4.12. The zero-order chi connectivity index (χ0) is 13.5. The molecule has 1 unspecified atom stereocenters. The standard InChI is InChI=1S/C11H11F3N4S/c12-11(13,14)9-5-8-10(15-2-3-18(8)17-9)16-7-1-4-19-6-7/h2-3,5,7H,1,4,6H2,(H,15,16). The Kier molecular flexibility index (Phi) is 3.04. The van der Waals surface area contributed by atoms with Crippen molar-refractivity contribution in [1.82, 2.24) is 14.6 Å². The van der Waals surface area contributed by atoms with Gasteiger partial charge in [-0.25, -0.2) is 9.50 Å². The highest BCUT2D eigenvalue weighted by atomic mass is 32.2. The molecule has 0 saturated carbocycles. The molecule has 0 aliphatic carbocycles. The Bertz CT molecular complexity index is 589. The molecule has 3 rings (SSSR count). The molecule has 8 heteroatoms. The van der Waals surface area contributed by atoms with Crippen molar-refractivity contribution in [2.45, 2.75) is 18.6 Å². The summed E-state index contributed by atoms with van der Waals surface area (Å²) in [7, 11) is 0. The largest absolute Gasteiger partial charge is 0.435 e. The van der Waals surface area contributed by atoms with Gasteiger partial charge in [0.1, 0.15) is 5.52 Å². The number of alkyl halides is 3. The Morgan fingerprint density at radius 3 is 2.95 bits per heavy atom. The van der Waals surface area contributed by atoms with Crippen LogP contribution < -0.4 is 5.32 Å². The van der Waals surface area contributed by atoms with Gasteiger partial charge in [-0.1, -0.05) is 0 Å². The van der Waals surface area contributed by atoms with Gasteiger partial charge in [0.2, 0.25) is 0 Å². The SMILES string of the molecule is FC(F)(F)c1cc2c(NC3CCSC3)nccn2n1. The monoisotopic (exact) mass is 288 g/mol. The van der Waals surface area contributed by atoms with Crippen LogP contribution in [0.15, 0.2) is 18.5 Å². The molecule has 3 heterocycles. The van der Waals surface area contributed by atoms with E-state index in [0.29, 0.717) is 11.3 Å². The van der Waals surface area contributed by atoms with Crippen molar-refractivity contribution in [3.63, 3.8) is 0 Å². The van der Waals surface area contributed by atoms with E-state index < -0.39 is 11.9 Å². The van der Waals surface area contributed by atoms with E-state index in [4.69, 9.17) is 0 Å². The molecule has 0 amide bonds. The van der Waals surface area contributed by atoms with E-state index in [2.05, 4.69) is 15.4 Å². The highest BCUT2D eigenvalue weighted by molar-refractivity contribution is 7.99. The van der Waals surface area contributed by atoms with Crippen LogP contribution in [0.1, 0.15) is 12.1 Å². The number of fused-ring (bicyclic) bond motifs is 1. The molecule has 0 aromatic carbocycles. The number of nitrogens with zero attached hydrogens (tertiary/aromatic N) is 3. The van der Waals surface area contributed by atoms with E-state index in [9.17, 15) is 13.2 Å². The van der Waals surface area contributed by atoms with Crippen LogP contribution >= 0.6 is 11.8 Å². The van der Waals surface area contributed by atoms with Crippen molar-refractivity contribution >= 4 is 23.1 Å².